The van der Waals surface area contributed by atoms with Crippen LogP contribution in [0.1, 0.15) is 335 Å². The molecule has 0 aliphatic heterocycles. The fourth-order valence-corrected chi connectivity index (χ4v) is 9.32. The first-order valence-corrected chi connectivity index (χ1v) is 32.3. The van der Waals surface area contributed by atoms with Crippen LogP contribution in [0.3, 0.4) is 0 Å². The van der Waals surface area contributed by atoms with Crippen LogP contribution in [-0.2, 0) is 28.6 Å². The van der Waals surface area contributed by atoms with E-state index in [1.807, 2.05) is 0 Å². The van der Waals surface area contributed by atoms with E-state index < -0.39 is 6.10 Å². The Bertz CT molecular complexity index is 1330. The second-order valence-electron chi connectivity index (χ2n) is 21.7. The largest absolute Gasteiger partial charge is 0.462 e. The minimum atomic E-state index is -0.784. The molecular weight excluding hydrogens is 913 g/mol. The highest BCUT2D eigenvalue weighted by molar-refractivity contribution is 5.71. The van der Waals surface area contributed by atoms with E-state index in [0.29, 0.717) is 19.3 Å². The van der Waals surface area contributed by atoms with E-state index in [-0.39, 0.29) is 31.1 Å². The second-order valence-corrected chi connectivity index (χ2v) is 21.7. The SMILES string of the molecule is CCCCC/C=C\C/C=C\CCCCCCCC(=O)OCC(COC(=O)CCCCCCCCCCCCC/C=C\C/C=C\CCCCCCC)OC(=O)CCCCCCCCC/C=C\CCCCCCCCC. The number of hydrogen-bond acceptors (Lipinski definition) is 6. The standard InChI is InChI=1S/C68H122O6/c1-4-7-10-13-16-19-22-25-28-30-32-33-34-35-36-38-40-43-46-49-52-55-58-61-67(70)73-64-65(63-72-66(69)60-57-54-51-48-45-42-39-27-24-21-18-15-12-9-6-3)74-68(71)62-59-56-53-50-47-44-41-37-31-29-26-23-20-17-14-11-8-5-2/h18,21-22,25,27,29-32,39,65H,4-17,19-20,23-24,26,28,33-38,40-64H2,1-3H3/b21-18-,25-22-,31-29-,32-30-,39-27-. The molecule has 0 aromatic rings. The molecule has 430 valence electrons. The fraction of sp³-hybridized carbons (Fsp3) is 0.809. The highest BCUT2D eigenvalue weighted by Gasteiger charge is 2.19. The van der Waals surface area contributed by atoms with Gasteiger partial charge in [-0.1, -0.05) is 268 Å². The molecule has 0 fully saturated rings. The predicted molar refractivity (Wildman–Crippen MR) is 321 cm³/mol. The summed E-state index contributed by atoms with van der Waals surface area (Å²) in [4.78, 5) is 38.3. The number of esters is 3. The van der Waals surface area contributed by atoms with E-state index in [0.717, 1.165) is 83.5 Å². The fourth-order valence-electron chi connectivity index (χ4n) is 9.32. The zero-order valence-electron chi connectivity index (χ0n) is 49.4. The summed E-state index contributed by atoms with van der Waals surface area (Å²) >= 11 is 0. The van der Waals surface area contributed by atoms with Crippen LogP contribution in [0.25, 0.3) is 0 Å². The van der Waals surface area contributed by atoms with E-state index in [9.17, 15) is 14.4 Å². The minimum absolute atomic E-state index is 0.0798. The molecule has 6 heteroatoms. The molecule has 0 radical (unpaired) electrons. The quantitative estimate of drug-likeness (QED) is 0.0261. The minimum Gasteiger partial charge on any atom is -0.462 e. The lowest BCUT2D eigenvalue weighted by Crippen LogP contribution is -2.30. The van der Waals surface area contributed by atoms with E-state index in [1.54, 1.807) is 0 Å². The number of rotatable bonds is 59. The third kappa shape index (κ3) is 60.0. The summed E-state index contributed by atoms with van der Waals surface area (Å²) in [5, 5.41) is 0. The van der Waals surface area contributed by atoms with Crippen molar-refractivity contribution >= 4 is 17.9 Å². The van der Waals surface area contributed by atoms with Gasteiger partial charge < -0.3 is 14.2 Å². The Morgan fingerprint density at radius 2 is 0.486 bits per heavy atom. The van der Waals surface area contributed by atoms with Crippen molar-refractivity contribution in [3.8, 4) is 0 Å². The Morgan fingerprint density at radius 1 is 0.270 bits per heavy atom. The summed E-state index contributed by atoms with van der Waals surface area (Å²) in [5.41, 5.74) is 0. The lowest BCUT2D eigenvalue weighted by atomic mass is 10.0. The predicted octanol–water partition coefficient (Wildman–Crippen LogP) is 21.9. The summed E-state index contributed by atoms with van der Waals surface area (Å²) in [6, 6.07) is 0. The molecule has 0 saturated heterocycles. The van der Waals surface area contributed by atoms with Crippen LogP contribution in [0.5, 0.6) is 0 Å². The molecule has 0 spiro atoms. The van der Waals surface area contributed by atoms with Crippen molar-refractivity contribution in [1.29, 1.82) is 0 Å². The van der Waals surface area contributed by atoms with E-state index in [1.165, 1.54) is 212 Å². The molecular formula is C68H122O6. The number of carbonyl (C=O) groups excluding carboxylic acids is 3. The highest BCUT2D eigenvalue weighted by atomic mass is 16.6. The van der Waals surface area contributed by atoms with E-state index in [2.05, 4.69) is 81.5 Å². The van der Waals surface area contributed by atoms with Gasteiger partial charge in [-0.05, 0) is 109 Å². The van der Waals surface area contributed by atoms with Crippen molar-refractivity contribution in [3.05, 3.63) is 60.8 Å². The Kier molecular flexibility index (Phi) is 60.2. The van der Waals surface area contributed by atoms with Gasteiger partial charge >= 0.3 is 17.9 Å². The van der Waals surface area contributed by atoms with Crippen molar-refractivity contribution in [3.63, 3.8) is 0 Å². The molecule has 6 nitrogen and oxygen atoms in total. The summed E-state index contributed by atoms with van der Waals surface area (Å²) in [5.74, 6) is -0.884. The number of ether oxygens (including phenoxy) is 3. The van der Waals surface area contributed by atoms with Gasteiger partial charge in [0.1, 0.15) is 13.2 Å². The maximum Gasteiger partial charge on any atom is 0.306 e. The summed E-state index contributed by atoms with van der Waals surface area (Å²) in [6.07, 6.45) is 79.3. The van der Waals surface area contributed by atoms with Crippen molar-refractivity contribution in [2.45, 2.75) is 341 Å². The molecule has 0 saturated carbocycles. The lowest BCUT2D eigenvalue weighted by Gasteiger charge is -2.18. The first-order chi connectivity index (χ1) is 36.5. The number of carbonyl (C=O) groups is 3. The van der Waals surface area contributed by atoms with Crippen molar-refractivity contribution < 1.29 is 28.6 Å². The van der Waals surface area contributed by atoms with Crippen LogP contribution in [0.4, 0.5) is 0 Å². The first-order valence-electron chi connectivity index (χ1n) is 32.3. The molecule has 0 N–H and O–H groups in total. The highest BCUT2D eigenvalue weighted by Crippen LogP contribution is 2.16. The summed E-state index contributed by atoms with van der Waals surface area (Å²) in [7, 11) is 0. The maximum absolute atomic E-state index is 12.9. The lowest BCUT2D eigenvalue weighted by molar-refractivity contribution is -0.167. The molecule has 0 heterocycles. The second kappa shape index (κ2) is 62.6. The Morgan fingerprint density at radius 3 is 0.784 bits per heavy atom. The number of allylic oxidation sites excluding steroid dienone is 10. The average Bonchev–Trinajstić information content (AvgIpc) is 3.40. The van der Waals surface area contributed by atoms with Gasteiger partial charge in [0.25, 0.3) is 0 Å². The monoisotopic (exact) mass is 1030 g/mol. The third-order valence-corrected chi connectivity index (χ3v) is 14.2. The normalized spacial score (nSPS) is 12.4. The van der Waals surface area contributed by atoms with Gasteiger partial charge in [0.05, 0.1) is 0 Å². The van der Waals surface area contributed by atoms with Gasteiger partial charge in [-0.2, -0.15) is 0 Å². The first kappa shape index (κ1) is 71.1. The maximum atomic E-state index is 12.9. The topological polar surface area (TPSA) is 78.9 Å². The van der Waals surface area contributed by atoms with Gasteiger partial charge in [-0.25, -0.2) is 0 Å². The van der Waals surface area contributed by atoms with Crippen LogP contribution in [0.15, 0.2) is 60.8 Å². The van der Waals surface area contributed by atoms with Gasteiger partial charge in [-0.3, -0.25) is 14.4 Å². The molecule has 1 atom stereocenters. The summed E-state index contributed by atoms with van der Waals surface area (Å²) < 4.78 is 16.9. The molecule has 0 bridgehead atoms. The van der Waals surface area contributed by atoms with Gasteiger partial charge in [-0.15, -0.1) is 0 Å². The molecule has 1 unspecified atom stereocenters. The smallest absolute Gasteiger partial charge is 0.306 e. The van der Waals surface area contributed by atoms with Crippen LogP contribution in [0, 0.1) is 0 Å². The zero-order chi connectivity index (χ0) is 53.6. The average molecular weight is 1040 g/mol. The van der Waals surface area contributed by atoms with Gasteiger partial charge in [0.2, 0.25) is 0 Å². The Labute approximate surface area is 460 Å². The van der Waals surface area contributed by atoms with Crippen molar-refractivity contribution in [2.24, 2.45) is 0 Å². The Hall–Kier alpha value is -2.89. The summed E-state index contributed by atoms with van der Waals surface area (Å²) in [6.45, 7) is 6.63. The van der Waals surface area contributed by atoms with Crippen LogP contribution >= 0.6 is 0 Å². The van der Waals surface area contributed by atoms with Gasteiger partial charge in [0.15, 0.2) is 6.10 Å². The van der Waals surface area contributed by atoms with Crippen LogP contribution in [-0.4, -0.2) is 37.2 Å². The molecule has 0 aromatic carbocycles. The molecule has 0 amide bonds. The third-order valence-electron chi connectivity index (χ3n) is 14.2. The molecule has 74 heavy (non-hydrogen) atoms. The van der Waals surface area contributed by atoms with Crippen molar-refractivity contribution in [2.75, 3.05) is 13.2 Å². The number of unbranched alkanes of at least 4 members (excludes halogenated alkanes) is 38. The Balaban J connectivity index is 4.34. The zero-order valence-corrected chi connectivity index (χ0v) is 49.4. The number of hydrogen-bond donors (Lipinski definition) is 0. The van der Waals surface area contributed by atoms with E-state index >= 15 is 0 Å². The van der Waals surface area contributed by atoms with Crippen molar-refractivity contribution in [1.82, 2.24) is 0 Å². The van der Waals surface area contributed by atoms with E-state index in [4.69, 9.17) is 14.2 Å². The molecule has 0 aliphatic rings. The van der Waals surface area contributed by atoms with Crippen LogP contribution < -0.4 is 0 Å². The van der Waals surface area contributed by atoms with Gasteiger partial charge in [0, 0.05) is 19.3 Å². The van der Waals surface area contributed by atoms with Crippen LogP contribution in [0.2, 0.25) is 0 Å². The molecule has 0 rings (SSSR count). The molecule has 0 aromatic heterocycles. The molecule has 0 aliphatic carbocycles.